The Balaban J connectivity index is 1.72. The van der Waals surface area contributed by atoms with Gasteiger partial charge in [-0.25, -0.2) is 9.71 Å². The van der Waals surface area contributed by atoms with Crippen molar-refractivity contribution in [3.05, 3.63) is 67.0 Å². The molecule has 1 amide bonds. The van der Waals surface area contributed by atoms with Crippen molar-refractivity contribution in [3.8, 4) is 0 Å². The minimum Gasteiger partial charge on any atom is -0.760 e. The molecule has 3 aromatic rings. The summed E-state index contributed by atoms with van der Waals surface area (Å²) < 4.78 is 25.3. The Labute approximate surface area is 171 Å². The van der Waals surface area contributed by atoms with E-state index in [4.69, 9.17) is 11.6 Å². The molecule has 2 atom stereocenters. The molecule has 0 aliphatic heterocycles. The smallest absolute Gasteiger partial charge is 0.270 e. The molecule has 7 nitrogen and oxygen atoms in total. The van der Waals surface area contributed by atoms with E-state index in [9.17, 15) is 13.6 Å². The normalized spacial score (nSPS) is 13.3. The SMILES string of the molecule is Cc1ncc(CNC(=O)c2ccc(C(NS(=O)[O-])c3ccc(Cl)s3)cn2)s1. The number of thiophene rings is 1. The maximum absolute atomic E-state index is 12.2. The number of hydrogen-bond acceptors (Lipinski definition) is 7. The van der Waals surface area contributed by atoms with Crippen LogP contribution in [-0.2, 0) is 17.8 Å². The van der Waals surface area contributed by atoms with Crippen molar-refractivity contribution < 1.29 is 13.6 Å². The number of amides is 1. The Morgan fingerprint density at radius 3 is 2.63 bits per heavy atom. The van der Waals surface area contributed by atoms with Gasteiger partial charge in [0.05, 0.1) is 21.9 Å². The van der Waals surface area contributed by atoms with Crippen LogP contribution < -0.4 is 10.0 Å². The Morgan fingerprint density at radius 2 is 2.07 bits per heavy atom. The van der Waals surface area contributed by atoms with Gasteiger partial charge in [-0.05, 0) is 30.7 Å². The van der Waals surface area contributed by atoms with Crippen molar-refractivity contribution in [1.82, 2.24) is 20.0 Å². The highest BCUT2D eigenvalue weighted by atomic mass is 35.5. The zero-order valence-corrected chi connectivity index (χ0v) is 17.2. The minimum absolute atomic E-state index is 0.242. The molecular formula is C16H14ClN4O3S3-. The quantitative estimate of drug-likeness (QED) is 0.548. The average molecular weight is 442 g/mol. The van der Waals surface area contributed by atoms with E-state index in [2.05, 4.69) is 20.0 Å². The number of pyridine rings is 1. The van der Waals surface area contributed by atoms with E-state index in [-0.39, 0.29) is 11.6 Å². The molecule has 3 rings (SSSR count). The molecule has 11 heteroatoms. The molecule has 0 spiro atoms. The van der Waals surface area contributed by atoms with Gasteiger partial charge in [-0.1, -0.05) is 17.7 Å². The molecule has 2 unspecified atom stereocenters. The van der Waals surface area contributed by atoms with Gasteiger partial charge in [-0.15, -0.1) is 22.7 Å². The molecule has 0 fully saturated rings. The molecule has 2 N–H and O–H groups in total. The molecule has 0 saturated carbocycles. The van der Waals surface area contributed by atoms with Crippen LogP contribution in [0.15, 0.2) is 36.7 Å². The lowest BCUT2D eigenvalue weighted by Crippen LogP contribution is -2.25. The van der Waals surface area contributed by atoms with E-state index in [0.717, 1.165) is 14.8 Å². The molecule has 0 saturated heterocycles. The molecule has 0 aliphatic rings. The second-order valence-electron chi connectivity index (χ2n) is 5.43. The largest absolute Gasteiger partial charge is 0.760 e. The lowest BCUT2D eigenvalue weighted by atomic mass is 10.1. The van der Waals surface area contributed by atoms with Gasteiger partial charge in [0, 0.05) is 33.4 Å². The van der Waals surface area contributed by atoms with Crippen molar-refractivity contribution in [2.75, 3.05) is 0 Å². The summed E-state index contributed by atoms with van der Waals surface area (Å²) in [5, 5.41) is 3.72. The molecule has 3 aromatic heterocycles. The van der Waals surface area contributed by atoms with E-state index >= 15 is 0 Å². The summed E-state index contributed by atoms with van der Waals surface area (Å²) in [4.78, 5) is 22.2. The number of hydrogen-bond donors (Lipinski definition) is 2. The van der Waals surface area contributed by atoms with Crippen LogP contribution in [0.5, 0.6) is 0 Å². The standard InChI is InChI=1S/C16H15ClN4O3S3/c1-9-18-7-11(25-9)8-20-16(22)12-3-2-10(6-19-12)15(21-27(23)24)13-4-5-14(17)26-13/h2-7,15,21H,8H2,1H3,(H,20,22)(H,23,24)/p-1. The molecule has 0 aliphatic carbocycles. The number of halogens is 1. The van der Waals surface area contributed by atoms with Crippen molar-refractivity contribution in [2.45, 2.75) is 19.5 Å². The number of carbonyl (C=O) groups is 1. The van der Waals surface area contributed by atoms with E-state index < -0.39 is 17.3 Å². The summed E-state index contributed by atoms with van der Waals surface area (Å²) in [5.74, 6) is -0.316. The first kappa shape index (κ1) is 20.1. The number of thiazole rings is 1. The highest BCUT2D eigenvalue weighted by molar-refractivity contribution is 7.77. The lowest BCUT2D eigenvalue weighted by molar-refractivity contribution is 0.0946. The summed E-state index contributed by atoms with van der Waals surface area (Å²) >= 11 is 6.26. The average Bonchev–Trinajstić information content (AvgIpc) is 3.26. The van der Waals surface area contributed by atoms with Gasteiger partial charge in [0.25, 0.3) is 5.91 Å². The van der Waals surface area contributed by atoms with Gasteiger partial charge >= 0.3 is 0 Å². The first-order valence-electron chi connectivity index (χ1n) is 7.68. The first-order chi connectivity index (χ1) is 12.9. The van der Waals surface area contributed by atoms with Gasteiger partial charge in [0.15, 0.2) is 0 Å². The predicted octanol–water partition coefficient (Wildman–Crippen LogP) is 2.96. The fraction of sp³-hybridized carbons (Fsp3) is 0.188. The third-order valence-corrected chi connectivity index (χ3v) is 6.17. The number of aromatic nitrogens is 2. The van der Waals surface area contributed by atoms with Gasteiger partial charge in [-0.3, -0.25) is 14.0 Å². The molecule has 3 heterocycles. The maximum atomic E-state index is 12.2. The van der Waals surface area contributed by atoms with Crippen LogP contribution >= 0.6 is 34.3 Å². The Morgan fingerprint density at radius 1 is 1.26 bits per heavy atom. The number of nitrogens with one attached hydrogen (secondary N) is 2. The third-order valence-electron chi connectivity index (χ3n) is 3.54. The summed E-state index contributed by atoms with van der Waals surface area (Å²) in [7, 11) is 0. The monoisotopic (exact) mass is 441 g/mol. The Hall–Kier alpha value is -1.69. The summed E-state index contributed by atoms with van der Waals surface area (Å²) in [5.41, 5.74) is 0.846. The Bertz CT molecular complexity index is 958. The van der Waals surface area contributed by atoms with Gasteiger partial charge in [0.2, 0.25) is 0 Å². The van der Waals surface area contributed by atoms with Gasteiger partial charge < -0.3 is 9.87 Å². The van der Waals surface area contributed by atoms with Crippen LogP contribution in [0.2, 0.25) is 4.34 Å². The zero-order valence-electron chi connectivity index (χ0n) is 14.0. The molecule has 0 aromatic carbocycles. The highest BCUT2D eigenvalue weighted by Gasteiger charge is 2.18. The van der Waals surface area contributed by atoms with Crippen LogP contribution in [0.25, 0.3) is 0 Å². The van der Waals surface area contributed by atoms with Crippen LogP contribution in [-0.4, -0.2) is 24.6 Å². The molecule has 0 bridgehead atoms. The number of aryl methyl sites for hydroxylation is 1. The van der Waals surface area contributed by atoms with Crippen LogP contribution in [0.4, 0.5) is 0 Å². The van der Waals surface area contributed by atoms with Crippen LogP contribution in [0.3, 0.4) is 0 Å². The van der Waals surface area contributed by atoms with Crippen molar-refractivity contribution in [1.29, 1.82) is 0 Å². The Kier molecular flexibility index (Phi) is 6.68. The molecule has 142 valence electrons. The molecule has 0 radical (unpaired) electrons. The highest BCUT2D eigenvalue weighted by Crippen LogP contribution is 2.31. The van der Waals surface area contributed by atoms with Crippen molar-refractivity contribution in [3.63, 3.8) is 0 Å². The van der Waals surface area contributed by atoms with Crippen LogP contribution in [0.1, 0.15) is 36.9 Å². The zero-order chi connectivity index (χ0) is 19.4. The summed E-state index contributed by atoms with van der Waals surface area (Å²) in [6.07, 6.45) is 3.20. The molecule has 27 heavy (non-hydrogen) atoms. The second kappa shape index (κ2) is 9.00. The fourth-order valence-electron chi connectivity index (χ4n) is 2.33. The first-order valence-corrected chi connectivity index (χ1v) is 10.8. The summed E-state index contributed by atoms with van der Waals surface area (Å²) in [6.45, 7) is 2.28. The van der Waals surface area contributed by atoms with Crippen molar-refractivity contribution >= 4 is 51.4 Å². The van der Waals surface area contributed by atoms with Gasteiger partial charge in [-0.2, -0.15) is 0 Å². The minimum atomic E-state index is -2.47. The predicted molar refractivity (Wildman–Crippen MR) is 105 cm³/mol. The van der Waals surface area contributed by atoms with Crippen LogP contribution in [0, 0.1) is 6.92 Å². The van der Waals surface area contributed by atoms with Gasteiger partial charge in [0.1, 0.15) is 5.69 Å². The van der Waals surface area contributed by atoms with E-state index in [1.54, 1.807) is 30.5 Å². The van der Waals surface area contributed by atoms with E-state index in [0.29, 0.717) is 16.4 Å². The fourth-order valence-corrected chi connectivity index (χ4v) is 4.73. The number of carbonyl (C=O) groups excluding carboxylic acids is 1. The maximum Gasteiger partial charge on any atom is 0.270 e. The van der Waals surface area contributed by atoms with E-state index in [1.165, 1.54) is 28.9 Å². The topological polar surface area (TPSA) is 107 Å². The number of rotatable bonds is 7. The second-order valence-corrected chi connectivity index (χ2v) is 9.20. The number of nitrogens with zero attached hydrogens (tertiary/aromatic N) is 2. The van der Waals surface area contributed by atoms with Crippen molar-refractivity contribution in [2.24, 2.45) is 0 Å². The molecular weight excluding hydrogens is 428 g/mol. The third kappa shape index (κ3) is 5.41. The summed E-state index contributed by atoms with van der Waals surface area (Å²) in [6, 6.07) is 6.04. The lowest BCUT2D eigenvalue weighted by Gasteiger charge is -2.19. The van der Waals surface area contributed by atoms with E-state index in [1.807, 2.05) is 6.92 Å².